The maximum absolute atomic E-state index is 12.7. The van der Waals surface area contributed by atoms with Crippen molar-refractivity contribution in [2.75, 3.05) is 7.11 Å². The number of ether oxygens (including phenoxy) is 2. The van der Waals surface area contributed by atoms with E-state index in [9.17, 15) is 9.59 Å². The molecule has 1 heterocycles. The number of esters is 1. The second kappa shape index (κ2) is 7.72. The van der Waals surface area contributed by atoms with E-state index in [4.69, 9.17) is 9.47 Å². The standard InChI is InChI=1S/C18H26BrNO4/c1-18(2,3)24-17(22)20-14(10-12-8-6-5-7-9-12)13(19)11-15(20)16(21)23-4/h11-12H,5-10H2,1-4H3. The number of nitrogens with zero attached hydrogens (tertiary/aromatic N) is 1. The fraction of sp³-hybridized carbons (Fsp3) is 0.667. The van der Waals surface area contributed by atoms with Gasteiger partial charge in [-0.05, 0) is 55.1 Å². The zero-order chi connectivity index (χ0) is 17.9. The van der Waals surface area contributed by atoms with Gasteiger partial charge in [-0.2, -0.15) is 0 Å². The summed E-state index contributed by atoms with van der Waals surface area (Å²) in [5.41, 5.74) is 0.351. The van der Waals surface area contributed by atoms with Crippen molar-refractivity contribution in [1.82, 2.24) is 4.57 Å². The molecular weight excluding hydrogens is 374 g/mol. The number of hydrogen-bond donors (Lipinski definition) is 0. The molecule has 5 nitrogen and oxygen atoms in total. The van der Waals surface area contributed by atoms with Crippen LogP contribution in [0.15, 0.2) is 10.5 Å². The second-order valence-electron chi connectivity index (χ2n) is 7.34. The lowest BCUT2D eigenvalue weighted by Crippen LogP contribution is -2.30. The van der Waals surface area contributed by atoms with E-state index in [1.165, 1.54) is 30.9 Å². The molecule has 0 radical (unpaired) electrons. The fourth-order valence-electron chi connectivity index (χ4n) is 3.14. The molecule has 1 aliphatic carbocycles. The first-order valence-electron chi connectivity index (χ1n) is 8.44. The lowest BCUT2D eigenvalue weighted by Gasteiger charge is -2.24. The van der Waals surface area contributed by atoms with Gasteiger partial charge in [-0.3, -0.25) is 0 Å². The molecule has 0 N–H and O–H groups in total. The Morgan fingerprint density at radius 2 is 1.88 bits per heavy atom. The van der Waals surface area contributed by atoms with E-state index in [1.54, 1.807) is 6.07 Å². The Kier molecular flexibility index (Phi) is 6.12. The van der Waals surface area contributed by atoms with Crippen molar-refractivity contribution in [1.29, 1.82) is 0 Å². The lowest BCUT2D eigenvalue weighted by molar-refractivity contribution is 0.0478. The number of methoxy groups -OCH3 is 1. The normalized spacial score (nSPS) is 16.0. The number of rotatable bonds is 3. The van der Waals surface area contributed by atoms with Crippen molar-refractivity contribution in [2.24, 2.45) is 5.92 Å². The minimum absolute atomic E-state index is 0.199. The Bertz CT molecular complexity index is 609. The van der Waals surface area contributed by atoms with Gasteiger partial charge in [-0.15, -0.1) is 0 Å². The van der Waals surface area contributed by atoms with E-state index in [2.05, 4.69) is 15.9 Å². The van der Waals surface area contributed by atoms with Crippen molar-refractivity contribution < 1.29 is 19.1 Å². The van der Waals surface area contributed by atoms with E-state index < -0.39 is 17.7 Å². The third-order valence-electron chi connectivity index (χ3n) is 4.23. The molecule has 2 rings (SSSR count). The first kappa shape index (κ1) is 19.0. The molecule has 1 aromatic heterocycles. The van der Waals surface area contributed by atoms with Gasteiger partial charge in [0.1, 0.15) is 11.3 Å². The zero-order valence-electron chi connectivity index (χ0n) is 14.9. The van der Waals surface area contributed by atoms with Gasteiger partial charge in [-0.1, -0.05) is 32.1 Å². The summed E-state index contributed by atoms with van der Waals surface area (Å²) in [5.74, 6) is -0.0203. The van der Waals surface area contributed by atoms with Crippen LogP contribution in [-0.4, -0.2) is 29.3 Å². The quantitative estimate of drug-likeness (QED) is 0.675. The Morgan fingerprint density at radius 3 is 2.42 bits per heavy atom. The summed E-state index contributed by atoms with van der Waals surface area (Å²) < 4.78 is 12.4. The summed E-state index contributed by atoms with van der Waals surface area (Å²) >= 11 is 3.50. The molecular formula is C18H26BrNO4. The molecule has 6 heteroatoms. The van der Waals surface area contributed by atoms with Gasteiger partial charge in [0.2, 0.25) is 0 Å². The Hall–Kier alpha value is -1.30. The van der Waals surface area contributed by atoms with Crippen LogP contribution in [0.1, 0.15) is 69.1 Å². The van der Waals surface area contributed by atoms with Crippen molar-refractivity contribution in [2.45, 2.75) is 64.9 Å². The largest absolute Gasteiger partial charge is 0.464 e. The topological polar surface area (TPSA) is 57.5 Å². The SMILES string of the molecule is COC(=O)c1cc(Br)c(CC2CCCCC2)n1C(=O)OC(C)(C)C. The molecule has 1 fully saturated rings. The third kappa shape index (κ3) is 4.62. The van der Waals surface area contributed by atoms with E-state index in [-0.39, 0.29) is 5.69 Å². The summed E-state index contributed by atoms with van der Waals surface area (Å²) in [7, 11) is 1.31. The van der Waals surface area contributed by atoms with Crippen LogP contribution in [0.25, 0.3) is 0 Å². The fourth-order valence-corrected chi connectivity index (χ4v) is 3.70. The monoisotopic (exact) mass is 399 g/mol. The van der Waals surface area contributed by atoms with Gasteiger partial charge >= 0.3 is 12.1 Å². The lowest BCUT2D eigenvalue weighted by atomic mass is 9.86. The zero-order valence-corrected chi connectivity index (χ0v) is 16.4. The van der Waals surface area contributed by atoms with Crippen molar-refractivity contribution in [3.05, 3.63) is 21.9 Å². The van der Waals surface area contributed by atoms with E-state index in [0.29, 0.717) is 5.92 Å². The molecule has 0 aliphatic heterocycles. The van der Waals surface area contributed by atoms with Crippen LogP contribution in [0.2, 0.25) is 0 Å². The molecule has 0 saturated heterocycles. The Morgan fingerprint density at radius 1 is 1.25 bits per heavy atom. The van der Waals surface area contributed by atoms with Gasteiger partial charge in [0.05, 0.1) is 7.11 Å². The number of hydrogen-bond acceptors (Lipinski definition) is 4. The van der Waals surface area contributed by atoms with Crippen LogP contribution in [0, 0.1) is 5.92 Å². The molecule has 0 aromatic carbocycles. The molecule has 0 bridgehead atoms. The molecule has 1 aromatic rings. The minimum Gasteiger partial charge on any atom is -0.464 e. The molecule has 0 unspecified atom stereocenters. The molecule has 0 atom stereocenters. The van der Waals surface area contributed by atoms with Gasteiger partial charge in [-0.25, -0.2) is 14.2 Å². The molecule has 0 spiro atoms. The van der Waals surface area contributed by atoms with Gasteiger partial charge in [0.15, 0.2) is 0 Å². The average Bonchev–Trinajstić information content (AvgIpc) is 2.83. The molecule has 134 valence electrons. The molecule has 1 saturated carbocycles. The Labute approximate surface area is 151 Å². The smallest absolute Gasteiger partial charge is 0.419 e. The van der Waals surface area contributed by atoms with E-state index in [0.717, 1.165) is 29.4 Å². The van der Waals surface area contributed by atoms with E-state index in [1.807, 2.05) is 20.8 Å². The third-order valence-corrected chi connectivity index (χ3v) is 4.91. The van der Waals surface area contributed by atoms with Crippen LogP contribution in [0.5, 0.6) is 0 Å². The van der Waals surface area contributed by atoms with Gasteiger partial charge in [0.25, 0.3) is 0 Å². The first-order valence-corrected chi connectivity index (χ1v) is 9.24. The molecule has 24 heavy (non-hydrogen) atoms. The summed E-state index contributed by atoms with van der Waals surface area (Å²) in [6.45, 7) is 5.42. The highest BCUT2D eigenvalue weighted by atomic mass is 79.9. The number of aromatic nitrogens is 1. The van der Waals surface area contributed by atoms with Gasteiger partial charge < -0.3 is 9.47 Å². The Balaban J connectivity index is 2.38. The van der Waals surface area contributed by atoms with Crippen LogP contribution in [0.3, 0.4) is 0 Å². The number of carbonyl (C=O) groups excluding carboxylic acids is 2. The summed E-state index contributed by atoms with van der Waals surface area (Å²) in [6, 6.07) is 1.65. The minimum atomic E-state index is -0.636. The summed E-state index contributed by atoms with van der Waals surface area (Å²) in [4.78, 5) is 24.8. The number of halogens is 1. The van der Waals surface area contributed by atoms with Crippen LogP contribution < -0.4 is 0 Å². The highest BCUT2D eigenvalue weighted by Gasteiger charge is 2.29. The average molecular weight is 400 g/mol. The second-order valence-corrected chi connectivity index (χ2v) is 8.19. The van der Waals surface area contributed by atoms with Crippen molar-refractivity contribution in [3.63, 3.8) is 0 Å². The van der Waals surface area contributed by atoms with Crippen LogP contribution in [0.4, 0.5) is 4.79 Å². The van der Waals surface area contributed by atoms with Gasteiger partial charge in [0, 0.05) is 10.2 Å². The highest BCUT2D eigenvalue weighted by Crippen LogP contribution is 2.32. The van der Waals surface area contributed by atoms with Crippen molar-refractivity contribution >= 4 is 28.0 Å². The number of carbonyl (C=O) groups is 2. The van der Waals surface area contributed by atoms with E-state index >= 15 is 0 Å². The van der Waals surface area contributed by atoms with Crippen LogP contribution in [-0.2, 0) is 15.9 Å². The van der Waals surface area contributed by atoms with Crippen molar-refractivity contribution in [3.8, 4) is 0 Å². The predicted molar refractivity (Wildman–Crippen MR) is 95.4 cm³/mol. The molecule has 0 amide bonds. The summed E-state index contributed by atoms with van der Waals surface area (Å²) in [5, 5.41) is 0. The maximum Gasteiger partial charge on any atom is 0.419 e. The highest BCUT2D eigenvalue weighted by molar-refractivity contribution is 9.10. The molecule has 1 aliphatic rings. The van der Waals surface area contributed by atoms with Crippen LogP contribution >= 0.6 is 15.9 Å². The first-order chi connectivity index (χ1) is 11.2. The summed E-state index contributed by atoms with van der Waals surface area (Å²) in [6.07, 6.45) is 6.23. The maximum atomic E-state index is 12.7. The predicted octanol–water partition coefficient (Wildman–Crippen LogP) is 4.94.